The van der Waals surface area contributed by atoms with Gasteiger partial charge in [0.1, 0.15) is 0 Å². The Hall–Kier alpha value is -1.22. The van der Waals surface area contributed by atoms with Gasteiger partial charge in [0.05, 0.1) is 18.8 Å². The van der Waals surface area contributed by atoms with E-state index in [1.807, 2.05) is 32.0 Å². The molecule has 0 bridgehead atoms. The number of rotatable bonds is 2. The predicted octanol–water partition coefficient (Wildman–Crippen LogP) is 2.47. The topological polar surface area (TPSA) is 38.7 Å². The van der Waals surface area contributed by atoms with Crippen LogP contribution in [0.3, 0.4) is 0 Å². The Morgan fingerprint density at radius 2 is 1.94 bits per heavy atom. The van der Waals surface area contributed by atoms with Crippen LogP contribution in [-0.4, -0.2) is 18.3 Å². The highest BCUT2D eigenvalue weighted by atomic mass is 16.5. The molecule has 1 aliphatic rings. The highest BCUT2D eigenvalue weighted by Gasteiger charge is 2.22. The molecule has 1 heterocycles. The summed E-state index contributed by atoms with van der Waals surface area (Å²) in [5.41, 5.74) is 0.0734. The van der Waals surface area contributed by atoms with Crippen molar-refractivity contribution in [3.8, 4) is 11.5 Å². The zero-order valence-corrected chi connectivity index (χ0v) is 9.82. The lowest BCUT2D eigenvalue weighted by Crippen LogP contribution is -2.19. The van der Waals surface area contributed by atoms with E-state index in [9.17, 15) is 5.11 Å². The molecule has 1 aliphatic heterocycles. The van der Waals surface area contributed by atoms with E-state index in [0.717, 1.165) is 23.5 Å². The zero-order valence-electron chi connectivity index (χ0n) is 9.82. The second kappa shape index (κ2) is 4.34. The first-order valence-electron chi connectivity index (χ1n) is 5.76. The third kappa shape index (κ3) is 2.14. The van der Waals surface area contributed by atoms with E-state index in [0.29, 0.717) is 19.6 Å². The molecule has 88 valence electrons. The molecule has 0 saturated heterocycles. The fourth-order valence-electron chi connectivity index (χ4n) is 1.70. The Balaban J connectivity index is 2.34. The Bertz CT molecular complexity index is 371. The van der Waals surface area contributed by atoms with Crippen LogP contribution in [-0.2, 0) is 5.60 Å². The van der Waals surface area contributed by atoms with Gasteiger partial charge in [0.2, 0.25) is 0 Å². The van der Waals surface area contributed by atoms with Crippen molar-refractivity contribution in [2.24, 2.45) is 0 Å². The summed E-state index contributed by atoms with van der Waals surface area (Å²) >= 11 is 0. The number of fused-ring (bicyclic) bond motifs is 1. The van der Waals surface area contributed by atoms with Gasteiger partial charge in [-0.2, -0.15) is 0 Å². The van der Waals surface area contributed by atoms with Crippen LogP contribution in [0.4, 0.5) is 0 Å². The summed E-state index contributed by atoms with van der Waals surface area (Å²) in [6.07, 6.45) is 1.57. The Morgan fingerprint density at radius 1 is 1.25 bits per heavy atom. The second-order valence-corrected chi connectivity index (χ2v) is 4.34. The Kier molecular flexibility index (Phi) is 3.06. The maximum Gasteiger partial charge on any atom is 0.161 e. The van der Waals surface area contributed by atoms with Crippen molar-refractivity contribution >= 4 is 0 Å². The standard InChI is InChI=1S/C13H18O3/c1-3-13(2,14)10-5-6-11-12(9-10)16-8-4-7-15-11/h5-6,9,14H,3-4,7-8H2,1-2H3. The first kappa shape index (κ1) is 11.3. The average Bonchev–Trinajstić information content (AvgIpc) is 2.53. The molecule has 0 aromatic heterocycles. The molecule has 2 rings (SSSR count). The van der Waals surface area contributed by atoms with Crippen LogP contribution >= 0.6 is 0 Å². The van der Waals surface area contributed by atoms with E-state index in [4.69, 9.17) is 9.47 Å². The van der Waals surface area contributed by atoms with Crippen molar-refractivity contribution < 1.29 is 14.6 Å². The van der Waals surface area contributed by atoms with E-state index in [1.54, 1.807) is 0 Å². The first-order valence-corrected chi connectivity index (χ1v) is 5.76. The van der Waals surface area contributed by atoms with Crippen molar-refractivity contribution in [2.75, 3.05) is 13.2 Å². The van der Waals surface area contributed by atoms with E-state index < -0.39 is 5.60 Å². The normalized spacial score (nSPS) is 18.7. The van der Waals surface area contributed by atoms with Gasteiger partial charge in [-0.15, -0.1) is 0 Å². The summed E-state index contributed by atoms with van der Waals surface area (Å²) in [4.78, 5) is 0. The van der Waals surface area contributed by atoms with Gasteiger partial charge in [-0.1, -0.05) is 13.0 Å². The van der Waals surface area contributed by atoms with Gasteiger partial charge in [0.15, 0.2) is 11.5 Å². The summed E-state index contributed by atoms with van der Waals surface area (Å²) in [6, 6.07) is 5.65. The van der Waals surface area contributed by atoms with Crippen LogP contribution in [0.25, 0.3) is 0 Å². The molecule has 1 atom stereocenters. The molecule has 0 amide bonds. The Morgan fingerprint density at radius 3 is 2.62 bits per heavy atom. The Labute approximate surface area is 96.0 Å². The number of hydrogen-bond donors (Lipinski definition) is 1. The maximum absolute atomic E-state index is 10.2. The van der Waals surface area contributed by atoms with Crippen LogP contribution < -0.4 is 9.47 Å². The maximum atomic E-state index is 10.2. The van der Waals surface area contributed by atoms with Crippen LogP contribution in [0.15, 0.2) is 18.2 Å². The van der Waals surface area contributed by atoms with Crippen LogP contribution in [0.2, 0.25) is 0 Å². The van der Waals surface area contributed by atoms with E-state index in [-0.39, 0.29) is 0 Å². The van der Waals surface area contributed by atoms with Gasteiger partial charge < -0.3 is 14.6 Å². The summed E-state index contributed by atoms with van der Waals surface area (Å²) in [5.74, 6) is 1.51. The van der Waals surface area contributed by atoms with Crippen molar-refractivity contribution in [3.05, 3.63) is 23.8 Å². The lowest BCUT2D eigenvalue weighted by atomic mass is 9.93. The van der Waals surface area contributed by atoms with E-state index in [2.05, 4.69) is 0 Å². The molecule has 3 heteroatoms. The molecule has 3 nitrogen and oxygen atoms in total. The fraction of sp³-hybridized carbons (Fsp3) is 0.538. The first-order chi connectivity index (χ1) is 7.63. The van der Waals surface area contributed by atoms with Crippen molar-refractivity contribution in [1.29, 1.82) is 0 Å². The molecule has 0 radical (unpaired) electrons. The molecule has 1 unspecified atom stereocenters. The van der Waals surface area contributed by atoms with E-state index in [1.165, 1.54) is 0 Å². The SMILES string of the molecule is CCC(C)(O)c1ccc2c(c1)OCCCO2. The molecule has 1 aromatic rings. The third-order valence-corrected chi connectivity index (χ3v) is 3.06. The predicted molar refractivity (Wildman–Crippen MR) is 61.9 cm³/mol. The van der Waals surface area contributed by atoms with Gasteiger partial charge >= 0.3 is 0 Å². The monoisotopic (exact) mass is 222 g/mol. The van der Waals surface area contributed by atoms with Gasteiger partial charge in [-0.25, -0.2) is 0 Å². The number of aliphatic hydroxyl groups is 1. The van der Waals surface area contributed by atoms with E-state index >= 15 is 0 Å². The lowest BCUT2D eigenvalue weighted by Gasteiger charge is -2.22. The summed E-state index contributed by atoms with van der Waals surface area (Å²) in [5, 5.41) is 10.2. The van der Waals surface area contributed by atoms with Crippen LogP contribution in [0.5, 0.6) is 11.5 Å². The van der Waals surface area contributed by atoms with Crippen molar-refractivity contribution in [3.63, 3.8) is 0 Å². The van der Waals surface area contributed by atoms with Gasteiger partial charge in [0.25, 0.3) is 0 Å². The summed E-state index contributed by atoms with van der Waals surface area (Å²) < 4.78 is 11.1. The summed E-state index contributed by atoms with van der Waals surface area (Å²) in [7, 11) is 0. The number of hydrogen-bond acceptors (Lipinski definition) is 3. The quantitative estimate of drug-likeness (QED) is 0.835. The molecule has 0 saturated carbocycles. The minimum absolute atomic E-state index is 0.671. The fourth-order valence-corrected chi connectivity index (χ4v) is 1.70. The lowest BCUT2D eigenvalue weighted by molar-refractivity contribution is 0.0528. The van der Waals surface area contributed by atoms with Crippen LogP contribution in [0.1, 0.15) is 32.3 Å². The highest BCUT2D eigenvalue weighted by molar-refractivity contribution is 5.44. The largest absolute Gasteiger partial charge is 0.490 e. The molecule has 0 aliphatic carbocycles. The molecule has 0 fully saturated rings. The number of benzene rings is 1. The van der Waals surface area contributed by atoms with Crippen molar-refractivity contribution in [1.82, 2.24) is 0 Å². The molecule has 0 spiro atoms. The smallest absolute Gasteiger partial charge is 0.161 e. The minimum atomic E-state index is -0.801. The molecule has 1 N–H and O–H groups in total. The highest BCUT2D eigenvalue weighted by Crippen LogP contribution is 2.34. The molecular formula is C13H18O3. The third-order valence-electron chi connectivity index (χ3n) is 3.06. The second-order valence-electron chi connectivity index (χ2n) is 4.34. The van der Waals surface area contributed by atoms with Gasteiger partial charge in [0, 0.05) is 6.42 Å². The number of ether oxygens (including phenoxy) is 2. The van der Waals surface area contributed by atoms with Crippen LogP contribution in [0, 0.1) is 0 Å². The van der Waals surface area contributed by atoms with Gasteiger partial charge in [-0.05, 0) is 31.0 Å². The van der Waals surface area contributed by atoms with Crippen molar-refractivity contribution in [2.45, 2.75) is 32.3 Å². The van der Waals surface area contributed by atoms with Gasteiger partial charge in [-0.3, -0.25) is 0 Å². The zero-order chi connectivity index (χ0) is 11.6. The minimum Gasteiger partial charge on any atom is -0.490 e. The molecular weight excluding hydrogens is 204 g/mol. The molecule has 1 aromatic carbocycles. The summed E-state index contributed by atoms with van der Waals surface area (Å²) in [6.45, 7) is 5.14. The average molecular weight is 222 g/mol. The molecule has 16 heavy (non-hydrogen) atoms.